The Kier molecular flexibility index (Phi) is 10.6. The fraction of sp³-hybridized carbons (Fsp3) is 0.359. The van der Waals surface area contributed by atoms with Crippen LogP contribution < -0.4 is 16.2 Å². The molecular weight excluding hydrogens is 701 g/mol. The number of likely N-dealkylation sites (N-methyl/N-ethyl adjacent to an activating group) is 1. The number of hydrogen-bond acceptors (Lipinski definition) is 11. The number of ether oxygens (including phenoxy) is 1. The number of pyridine rings is 1. The summed E-state index contributed by atoms with van der Waals surface area (Å²) in [5.41, 5.74) is 0.217. The van der Waals surface area contributed by atoms with E-state index in [1.807, 2.05) is 42.1 Å². The number of aromatic nitrogens is 1. The van der Waals surface area contributed by atoms with Crippen molar-refractivity contribution in [2.75, 3.05) is 26.7 Å². The van der Waals surface area contributed by atoms with Crippen LogP contribution in [-0.4, -0.2) is 75.9 Å². The molecule has 2 fully saturated rings. The number of amides is 1. The Morgan fingerprint density at radius 1 is 1.02 bits per heavy atom. The summed E-state index contributed by atoms with van der Waals surface area (Å²) >= 11 is 2.68. The standard InChI is InChI=1S/C39H42N4O7S2/c1-43(29-20-25-10-11-28(29)36(25)50-38(48)39(49,32-4-2-18-51-32)33-5-3-19-52-33)17-16-41-37(47)24-8-6-23(7-9-24)21-40-22-31(45)26-12-14-30(44)35-27(26)13-15-34(46)42-35/h2-9,12-15,18-19,25,28-29,31,36,40,44-45,49H,10-11,16-17,20-22H2,1H3,(H,41,47)(H,42,46)/t25?,28?,29?,31-,36?/m0/s1. The van der Waals surface area contributed by atoms with E-state index in [-0.39, 0.29) is 53.3 Å². The van der Waals surface area contributed by atoms with Crippen molar-refractivity contribution >= 4 is 45.5 Å². The molecule has 2 aromatic carbocycles. The molecule has 7 rings (SSSR count). The zero-order valence-corrected chi connectivity index (χ0v) is 30.3. The van der Waals surface area contributed by atoms with Gasteiger partial charge < -0.3 is 40.6 Å². The normalized spacial score (nSPS) is 20.4. The number of hydrogen-bond donors (Lipinski definition) is 6. The number of H-pyrrole nitrogens is 1. The quantitative estimate of drug-likeness (QED) is 0.0901. The predicted molar refractivity (Wildman–Crippen MR) is 200 cm³/mol. The number of carbonyl (C=O) groups is 2. The number of thiophene rings is 2. The van der Waals surface area contributed by atoms with Gasteiger partial charge in [-0.2, -0.15) is 0 Å². The van der Waals surface area contributed by atoms with Gasteiger partial charge in [0.05, 0.1) is 21.4 Å². The first kappa shape index (κ1) is 36.0. The van der Waals surface area contributed by atoms with E-state index in [9.17, 15) is 29.7 Å². The van der Waals surface area contributed by atoms with Crippen LogP contribution >= 0.6 is 22.7 Å². The third kappa shape index (κ3) is 7.16. The van der Waals surface area contributed by atoms with Crippen molar-refractivity contribution in [2.24, 2.45) is 11.8 Å². The molecule has 0 radical (unpaired) electrons. The lowest BCUT2D eigenvalue weighted by Gasteiger charge is -2.32. The number of nitrogens with zero attached hydrogens (tertiary/aromatic N) is 1. The number of aliphatic hydroxyl groups excluding tert-OH is 1. The van der Waals surface area contributed by atoms with Crippen LogP contribution in [0.4, 0.5) is 0 Å². The van der Waals surface area contributed by atoms with Crippen molar-refractivity contribution < 1.29 is 29.6 Å². The van der Waals surface area contributed by atoms with Gasteiger partial charge >= 0.3 is 5.97 Å². The highest BCUT2D eigenvalue weighted by atomic mass is 32.1. The second kappa shape index (κ2) is 15.3. The smallest absolute Gasteiger partial charge is 0.349 e. The van der Waals surface area contributed by atoms with Crippen LogP contribution in [0.3, 0.4) is 0 Å². The Labute approximate surface area is 308 Å². The van der Waals surface area contributed by atoms with Crippen molar-refractivity contribution in [1.82, 2.24) is 20.5 Å². The van der Waals surface area contributed by atoms with Gasteiger partial charge in [0.25, 0.3) is 5.91 Å². The van der Waals surface area contributed by atoms with Gasteiger partial charge in [-0.1, -0.05) is 30.3 Å². The number of nitrogens with one attached hydrogen (secondary N) is 3. The van der Waals surface area contributed by atoms with Crippen LogP contribution in [0.15, 0.2) is 88.4 Å². The molecule has 11 nitrogen and oxygen atoms in total. The number of aromatic hydroxyl groups is 1. The molecule has 2 bridgehead atoms. The molecule has 0 spiro atoms. The largest absolute Gasteiger partial charge is 0.506 e. The summed E-state index contributed by atoms with van der Waals surface area (Å²) in [7, 11) is 2.05. The van der Waals surface area contributed by atoms with E-state index in [1.54, 1.807) is 36.4 Å². The summed E-state index contributed by atoms with van der Waals surface area (Å²) in [6, 6.07) is 20.7. The fourth-order valence-corrected chi connectivity index (χ4v) is 9.54. The van der Waals surface area contributed by atoms with Gasteiger partial charge in [0, 0.05) is 55.2 Å². The van der Waals surface area contributed by atoms with Crippen molar-refractivity contribution in [2.45, 2.75) is 49.7 Å². The Morgan fingerprint density at radius 3 is 2.44 bits per heavy atom. The maximum absolute atomic E-state index is 13.7. The van der Waals surface area contributed by atoms with E-state index < -0.39 is 17.7 Å². The molecule has 3 heterocycles. The Morgan fingerprint density at radius 2 is 1.75 bits per heavy atom. The number of benzene rings is 2. The van der Waals surface area contributed by atoms with Crippen molar-refractivity contribution in [3.05, 3.63) is 120 Å². The summed E-state index contributed by atoms with van der Waals surface area (Å²) in [6.45, 7) is 1.82. The van der Waals surface area contributed by atoms with Crippen molar-refractivity contribution in [1.29, 1.82) is 0 Å². The van der Waals surface area contributed by atoms with Gasteiger partial charge in [-0.3, -0.25) is 9.59 Å². The molecule has 2 aliphatic rings. The van der Waals surface area contributed by atoms with E-state index in [0.29, 0.717) is 45.9 Å². The molecule has 4 unspecified atom stereocenters. The van der Waals surface area contributed by atoms with E-state index in [4.69, 9.17) is 4.74 Å². The molecule has 0 aliphatic heterocycles. The lowest BCUT2D eigenvalue weighted by molar-refractivity contribution is -0.170. The van der Waals surface area contributed by atoms with Crippen LogP contribution in [-0.2, 0) is 21.7 Å². The highest BCUT2D eigenvalue weighted by molar-refractivity contribution is 7.12. The monoisotopic (exact) mass is 742 g/mol. The van der Waals surface area contributed by atoms with Crippen molar-refractivity contribution in [3.8, 4) is 5.75 Å². The van der Waals surface area contributed by atoms with Crippen molar-refractivity contribution in [3.63, 3.8) is 0 Å². The van der Waals surface area contributed by atoms with E-state index in [0.717, 1.165) is 24.8 Å². The first-order chi connectivity index (χ1) is 25.1. The Hall–Kier alpha value is -4.37. The summed E-state index contributed by atoms with van der Waals surface area (Å²) in [5.74, 6) is -0.433. The van der Waals surface area contributed by atoms with Gasteiger partial charge in [-0.15, -0.1) is 22.7 Å². The highest BCUT2D eigenvalue weighted by Crippen LogP contribution is 2.49. The van der Waals surface area contributed by atoms with Crippen LogP contribution in [0, 0.1) is 11.8 Å². The molecule has 52 heavy (non-hydrogen) atoms. The van der Waals surface area contributed by atoms with Crippen LogP contribution in [0.25, 0.3) is 10.9 Å². The summed E-state index contributed by atoms with van der Waals surface area (Å²) in [6.07, 6.45) is 1.73. The SMILES string of the molecule is CN(CCNC(=O)c1ccc(CNC[C@H](O)c2ccc(O)c3[nH]c(=O)ccc23)cc1)C1CC2CCC1C2OC(=O)C(O)(c1cccs1)c1cccs1. The number of esters is 1. The third-order valence-corrected chi connectivity index (χ3v) is 12.5. The van der Waals surface area contributed by atoms with Gasteiger partial charge in [0.1, 0.15) is 11.9 Å². The number of aliphatic hydroxyl groups is 2. The first-order valence-electron chi connectivity index (χ1n) is 17.5. The number of fused-ring (bicyclic) bond motifs is 3. The molecule has 5 atom stereocenters. The number of phenols is 1. The molecule has 3 aromatic heterocycles. The van der Waals surface area contributed by atoms with Crippen LogP contribution in [0.2, 0.25) is 0 Å². The summed E-state index contributed by atoms with van der Waals surface area (Å²) in [5, 5.41) is 43.2. The van der Waals surface area contributed by atoms with Gasteiger partial charge in [-0.05, 0) is 90.5 Å². The highest BCUT2D eigenvalue weighted by Gasteiger charge is 2.54. The molecule has 272 valence electrons. The molecular formula is C39H42N4O7S2. The molecule has 1 amide bonds. The fourth-order valence-electron chi connectivity index (χ4n) is 7.82. The average Bonchev–Trinajstić information content (AvgIpc) is 3.99. The third-order valence-electron chi connectivity index (χ3n) is 10.6. The van der Waals surface area contributed by atoms with Gasteiger partial charge in [0.2, 0.25) is 11.2 Å². The van der Waals surface area contributed by atoms with Gasteiger partial charge in [-0.25, -0.2) is 4.79 Å². The molecule has 0 saturated heterocycles. The van der Waals surface area contributed by atoms with Crippen LogP contribution in [0.5, 0.6) is 5.75 Å². The Balaban J connectivity index is 0.872. The maximum Gasteiger partial charge on any atom is 0.349 e. The molecule has 2 saturated carbocycles. The summed E-state index contributed by atoms with van der Waals surface area (Å²) < 4.78 is 6.17. The predicted octanol–water partition coefficient (Wildman–Crippen LogP) is 4.49. The second-order valence-corrected chi connectivity index (χ2v) is 15.6. The molecule has 5 aromatic rings. The summed E-state index contributed by atoms with van der Waals surface area (Å²) in [4.78, 5) is 44.3. The zero-order valence-electron chi connectivity index (χ0n) is 28.7. The Bertz CT molecular complexity index is 2030. The second-order valence-electron chi connectivity index (χ2n) is 13.7. The van der Waals surface area contributed by atoms with E-state index in [2.05, 4.69) is 20.5 Å². The minimum atomic E-state index is -1.82. The first-order valence-corrected chi connectivity index (χ1v) is 19.2. The van der Waals surface area contributed by atoms with E-state index >= 15 is 0 Å². The minimum absolute atomic E-state index is 0.0580. The van der Waals surface area contributed by atoms with Gasteiger partial charge in [0.15, 0.2) is 0 Å². The molecule has 13 heteroatoms. The minimum Gasteiger partial charge on any atom is -0.506 e. The number of rotatable bonds is 14. The number of phenolic OH excluding ortho intramolecular Hbond substituents is 1. The lowest BCUT2D eigenvalue weighted by Crippen LogP contribution is -2.43. The van der Waals surface area contributed by atoms with Crippen LogP contribution in [0.1, 0.15) is 56.6 Å². The lowest BCUT2D eigenvalue weighted by atomic mass is 9.94. The molecule has 2 aliphatic carbocycles. The number of carbonyl (C=O) groups excluding carboxylic acids is 2. The topological polar surface area (TPSA) is 164 Å². The zero-order chi connectivity index (χ0) is 36.4. The number of aromatic amines is 1. The van der Waals surface area contributed by atoms with E-state index in [1.165, 1.54) is 34.8 Å². The average molecular weight is 743 g/mol. The maximum atomic E-state index is 13.7. The molecule has 6 N–H and O–H groups in total.